The van der Waals surface area contributed by atoms with Crippen LogP contribution in [0.25, 0.3) is 0 Å². The van der Waals surface area contributed by atoms with E-state index >= 15 is 0 Å². The summed E-state index contributed by atoms with van der Waals surface area (Å²) in [6.07, 6.45) is 1.73. The van der Waals surface area contributed by atoms with E-state index in [0.29, 0.717) is 23.7 Å². The Balaban J connectivity index is 1.67. The molecule has 3 rings (SSSR count). The maximum atomic E-state index is 13.1. The van der Waals surface area contributed by atoms with Gasteiger partial charge in [-0.2, -0.15) is 0 Å². The molecule has 0 bridgehead atoms. The van der Waals surface area contributed by atoms with Crippen LogP contribution in [-0.4, -0.2) is 30.5 Å². The highest BCUT2D eigenvalue weighted by atomic mass is 16.5. The topological polar surface area (TPSA) is 83.8 Å². The SMILES string of the molecule is COc1cccc(NC(=O)N(CCC(=O)NCc2ccco2)C(C)c2ccccc2)c1. The Kier molecular flexibility index (Phi) is 7.70. The predicted octanol–water partition coefficient (Wildman–Crippen LogP) is 4.59. The van der Waals surface area contributed by atoms with Crippen LogP contribution in [0, 0.1) is 0 Å². The third kappa shape index (κ3) is 6.37. The quantitative estimate of drug-likeness (QED) is 0.529. The summed E-state index contributed by atoms with van der Waals surface area (Å²) < 4.78 is 10.5. The molecular weight excluding hydrogens is 394 g/mol. The lowest BCUT2D eigenvalue weighted by Crippen LogP contribution is -2.39. The standard InChI is InChI=1S/C24H27N3O4/c1-18(19-8-4-3-5-9-19)27(14-13-23(28)25-17-22-12-7-15-31-22)24(29)26-20-10-6-11-21(16-20)30-2/h3-12,15-16,18H,13-14,17H2,1-2H3,(H,25,28)(H,26,29). The monoisotopic (exact) mass is 421 g/mol. The fourth-order valence-electron chi connectivity index (χ4n) is 3.19. The number of urea groups is 1. The third-order valence-corrected chi connectivity index (χ3v) is 4.95. The highest BCUT2D eigenvalue weighted by molar-refractivity contribution is 5.90. The summed E-state index contributed by atoms with van der Waals surface area (Å²) in [6, 6.07) is 19.9. The molecule has 0 radical (unpaired) electrons. The molecule has 1 aromatic heterocycles. The fraction of sp³-hybridized carbons (Fsp3) is 0.250. The Bertz CT molecular complexity index is 974. The second-order valence-electron chi connectivity index (χ2n) is 7.05. The first-order valence-electron chi connectivity index (χ1n) is 10.1. The maximum absolute atomic E-state index is 13.1. The Hall–Kier alpha value is -3.74. The molecule has 0 saturated carbocycles. The first-order chi connectivity index (χ1) is 15.1. The van der Waals surface area contributed by atoms with Crippen LogP contribution in [-0.2, 0) is 11.3 Å². The molecule has 1 heterocycles. The van der Waals surface area contributed by atoms with Crippen molar-refractivity contribution in [3.63, 3.8) is 0 Å². The van der Waals surface area contributed by atoms with Gasteiger partial charge in [0.25, 0.3) is 0 Å². The van der Waals surface area contributed by atoms with Gasteiger partial charge in [0.15, 0.2) is 0 Å². The number of hydrogen-bond donors (Lipinski definition) is 2. The molecule has 0 aliphatic carbocycles. The number of benzene rings is 2. The summed E-state index contributed by atoms with van der Waals surface area (Å²) >= 11 is 0. The van der Waals surface area contributed by atoms with E-state index in [-0.39, 0.29) is 30.9 Å². The van der Waals surface area contributed by atoms with Crippen LogP contribution < -0.4 is 15.4 Å². The van der Waals surface area contributed by atoms with Crippen LogP contribution in [0.5, 0.6) is 5.75 Å². The van der Waals surface area contributed by atoms with Gasteiger partial charge in [0, 0.05) is 24.7 Å². The van der Waals surface area contributed by atoms with Crippen LogP contribution >= 0.6 is 0 Å². The van der Waals surface area contributed by atoms with Gasteiger partial charge in [-0.25, -0.2) is 4.79 Å². The zero-order valence-corrected chi connectivity index (χ0v) is 17.7. The maximum Gasteiger partial charge on any atom is 0.322 e. The number of nitrogens with zero attached hydrogens (tertiary/aromatic N) is 1. The van der Waals surface area contributed by atoms with Gasteiger partial charge >= 0.3 is 6.03 Å². The molecule has 162 valence electrons. The Morgan fingerprint density at radius 3 is 2.58 bits per heavy atom. The lowest BCUT2D eigenvalue weighted by molar-refractivity contribution is -0.121. The average Bonchev–Trinajstić information content (AvgIpc) is 3.32. The van der Waals surface area contributed by atoms with Crippen molar-refractivity contribution in [3.8, 4) is 5.75 Å². The summed E-state index contributed by atoms with van der Waals surface area (Å²) in [5.74, 6) is 1.17. The minimum absolute atomic E-state index is 0.157. The molecule has 2 aromatic carbocycles. The summed E-state index contributed by atoms with van der Waals surface area (Å²) in [7, 11) is 1.58. The third-order valence-electron chi connectivity index (χ3n) is 4.95. The van der Waals surface area contributed by atoms with E-state index in [1.807, 2.05) is 49.4 Å². The van der Waals surface area contributed by atoms with Crippen molar-refractivity contribution in [2.24, 2.45) is 0 Å². The zero-order valence-electron chi connectivity index (χ0n) is 17.7. The van der Waals surface area contributed by atoms with Gasteiger partial charge in [0.2, 0.25) is 5.91 Å². The molecule has 2 N–H and O–H groups in total. The molecule has 3 amide bonds. The minimum Gasteiger partial charge on any atom is -0.497 e. The summed E-state index contributed by atoms with van der Waals surface area (Å²) in [4.78, 5) is 27.1. The number of nitrogens with one attached hydrogen (secondary N) is 2. The highest BCUT2D eigenvalue weighted by Crippen LogP contribution is 2.23. The van der Waals surface area contributed by atoms with E-state index in [1.54, 1.807) is 42.5 Å². The Morgan fingerprint density at radius 1 is 1.06 bits per heavy atom. The van der Waals surface area contributed by atoms with Crippen molar-refractivity contribution < 1.29 is 18.7 Å². The lowest BCUT2D eigenvalue weighted by Gasteiger charge is -2.29. The normalized spacial score (nSPS) is 11.4. The fourth-order valence-corrected chi connectivity index (χ4v) is 3.19. The van der Waals surface area contributed by atoms with E-state index in [2.05, 4.69) is 10.6 Å². The van der Waals surface area contributed by atoms with Crippen molar-refractivity contribution in [1.29, 1.82) is 0 Å². The van der Waals surface area contributed by atoms with Gasteiger partial charge in [-0.05, 0) is 36.8 Å². The number of carbonyl (C=O) groups excluding carboxylic acids is 2. The minimum atomic E-state index is -0.288. The largest absolute Gasteiger partial charge is 0.497 e. The van der Waals surface area contributed by atoms with Crippen molar-refractivity contribution in [1.82, 2.24) is 10.2 Å². The molecule has 0 aliphatic heterocycles. The van der Waals surface area contributed by atoms with E-state index in [0.717, 1.165) is 5.56 Å². The Morgan fingerprint density at radius 2 is 1.87 bits per heavy atom. The van der Waals surface area contributed by atoms with E-state index in [4.69, 9.17) is 9.15 Å². The Labute approximate surface area is 182 Å². The number of anilines is 1. The second-order valence-corrected chi connectivity index (χ2v) is 7.05. The van der Waals surface area contributed by atoms with E-state index < -0.39 is 0 Å². The van der Waals surface area contributed by atoms with Crippen molar-refractivity contribution in [2.75, 3.05) is 19.0 Å². The number of methoxy groups -OCH3 is 1. The molecule has 7 nitrogen and oxygen atoms in total. The van der Waals surface area contributed by atoms with Crippen LogP contribution in [0.1, 0.15) is 30.7 Å². The van der Waals surface area contributed by atoms with Crippen molar-refractivity contribution >= 4 is 17.6 Å². The predicted molar refractivity (Wildman–Crippen MR) is 119 cm³/mol. The molecule has 0 spiro atoms. The van der Waals surface area contributed by atoms with Crippen molar-refractivity contribution in [2.45, 2.75) is 25.9 Å². The number of hydrogen-bond acceptors (Lipinski definition) is 4. The van der Waals surface area contributed by atoms with Gasteiger partial charge in [-0.15, -0.1) is 0 Å². The van der Waals surface area contributed by atoms with Gasteiger partial charge < -0.3 is 24.7 Å². The average molecular weight is 421 g/mol. The molecule has 3 aromatic rings. The van der Waals surface area contributed by atoms with Gasteiger partial charge in [0.05, 0.1) is 26.0 Å². The first-order valence-corrected chi connectivity index (χ1v) is 10.1. The van der Waals surface area contributed by atoms with E-state index in [9.17, 15) is 9.59 Å². The zero-order chi connectivity index (χ0) is 22.1. The number of rotatable bonds is 9. The molecule has 31 heavy (non-hydrogen) atoms. The van der Waals surface area contributed by atoms with Crippen LogP contribution in [0.3, 0.4) is 0 Å². The molecule has 0 saturated heterocycles. The molecule has 0 fully saturated rings. The van der Waals surface area contributed by atoms with Crippen LogP contribution in [0.15, 0.2) is 77.4 Å². The smallest absolute Gasteiger partial charge is 0.322 e. The van der Waals surface area contributed by atoms with E-state index in [1.165, 1.54) is 0 Å². The molecular formula is C24H27N3O4. The second kappa shape index (κ2) is 10.9. The first kappa shape index (κ1) is 22.0. The van der Waals surface area contributed by atoms with Gasteiger partial charge in [0.1, 0.15) is 11.5 Å². The van der Waals surface area contributed by atoms with Gasteiger partial charge in [-0.1, -0.05) is 36.4 Å². The molecule has 1 unspecified atom stereocenters. The highest BCUT2D eigenvalue weighted by Gasteiger charge is 2.22. The number of ether oxygens (including phenoxy) is 1. The summed E-state index contributed by atoms with van der Waals surface area (Å²) in [5.41, 5.74) is 1.61. The summed E-state index contributed by atoms with van der Waals surface area (Å²) in [5, 5.41) is 5.72. The number of amides is 3. The molecule has 1 atom stereocenters. The molecule has 7 heteroatoms. The van der Waals surface area contributed by atoms with Crippen molar-refractivity contribution in [3.05, 3.63) is 84.3 Å². The number of carbonyl (C=O) groups is 2. The lowest BCUT2D eigenvalue weighted by atomic mass is 10.1. The van der Waals surface area contributed by atoms with Gasteiger partial charge in [-0.3, -0.25) is 4.79 Å². The van der Waals surface area contributed by atoms with Crippen LogP contribution in [0.4, 0.5) is 10.5 Å². The summed E-state index contributed by atoms with van der Waals surface area (Å²) in [6.45, 7) is 2.52. The molecule has 0 aliphatic rings. The van der Waals surface area contributed by atoms with Crippen LogP contribution in [0.2, 0.25) is 0 Å². The number of furan rings is 1.